The minimum Gasteiger partial charge on any atom is -0.359 e. The summed E-state index contributed by atoms with van der Waals surface area (Å²) in [6, 6.07) is 0. The standard InChI is InChI=1S/C8H17N3/c1-3-10-8(9-2)11-6-4-5-7-11/h3-7H2,1-2H3,(H,9,10). The number of guanidine groups is 1. The summed E-state index contributed by atoms with van der Waals surface area (Å²) < 4.78 is 0. The first-order valence-corrected chi connectivity index (χ1v) is 4.35. The molecule has 0 unspecified atom stereocenters. The molecule has 1 heterocycles. The van der Waals surface area contributed by atoms with Gasteiger partial charge in [0.1, 0.15) is 0 Å². The second-order valence-corrected chi connectivity index (χ2v) is 2.74. The average Bonchev–Trinajstić information content (AvgIpc) is 2.52. The summed E-state index contributed by atoms with van der Waals surface area (Å²) in [4.78, 5) is 6.67. The molecular formula is C8H17N3. The van der Waals surface area contributed by atoms with Gasteiger partial charge < -0.3 is 10.2 Å². The quantitative estimate of drug-likeness (QED) is 0.445. The van der Waals surface area contributed by atoms with Gasteiger partial charge in [0, 0.05) is 26.7 Å². The molecule has 0 aromatic carbocycles. The number of hydrogen-bond acceptors (Lipinski definition) is 1. The topological polar surface area (TPSA) is 27.6 Å². The van der Waals surface area contributed by atoms with Crippen molar-refractivity contribution in [2.24, 2.45) is 4.99 Å². The third kappa shape index (κ3) is 2.10. The lowest BCUT2D eigenvalue weighted by atomic mass is 10.4. The zero-order chi connectivity index (χ0) is 8.10. The first-order chi connectivity index (χ1) is 5.38. The molecule has 0 aliphatic carbocycles. The second kappa shape index (κ2) is 4.21. The molecule has 0 atom stereocenters. The normalized spacial score (nSPS) is 19.1. The Labute approximate surface area is 68.5 Å². The van der Waals surface area contributed by atoms with Gasteiger partial charge in [-0.15, -0.1) is 0 Å². The summed E-state index contributed by atoms with van der Waals surface area (Å²) in [6.45, 7) is 5.26. The van der Waals surface area contributed by atoms with Gasteiger partial charge in [-0.25, -0.2) is 0 Å². The zero-order valence-electron chi connectivity index (χ0n) is 7.43. The van der Waals surface area contributed by atoms with Gasteiger partial charge >= 0.3 is 0 Å². The lowest BCUT2D eigenvalue weighted by Gasteiger charge is -2.18. The molecule has 1 aliphatic heterocycles. The van der Waals surface area contributed by atoms with Crippen LogP contribution in [0.4, 0.5) is 0 Å². The molecule has 0 spiro atoms. The van der Waals surface area contributed by atoms with Gasteiger partial charge in [0.2, 0.25) is 0 Å². The minimum atomic E-state index is 0.868. The van der Waals surface area contributed by atoms with E-state index in [1.165, 1.54) is 25.9 Å². The molecule has 1 saturated heterocycles. The van der Waals surface area contributed by atoms with Gasteiger partial charge in [-0.1, -0.05) is 0 Å². The highest BCUT2D eigenvalue weighted by molar-refractivity contribution is 5.79. The summed E-state index contributed by atoms with van der Waals surface area (Å²) in [7, 11) is 1.94. The van der Waals surface area contributed by atoms with Gasteiger partial charge in [-0.05, 0) is 19.8 Å². The molecule has 64 valence electrons. The molecule has 0 aromatic rings. The Morgan fingerprint density at radius 3 is 2.55 bits per heavy atom. The van der Waals surface area contributed by atoms with E-state index < -0.39 is 0 Å². The number of rotatable bonds is 1. The van der Waals surface area contributed by atoms with Crippen LogP contribution in [0.3, 0.4) is 0 Å². The molecule has 0 radical (unpaired) electrons. The van der Waals surface area contributed by atoms with Crippen molar-refractivity contribution >= 4 is 5.96 Å². The van der Waals surface area contributed by atoms with E-state index in [2.05, 4.69) is 22.1 Å². The van der Waals surface area contributed by atoms with E-state index in [1.807, 2.05) is 7.05 Å². The molecular weight excluding hydrogens is 138 g/mol. The number of nitrogens with zero attached hydrogens (tertiary/aromatic N) is 2. The first kappa shape index (κ1) is 8.37. The summed E-state index contributed by atoms with van der Waals surface area (Å²) in [5, 5.41) is 3.12. The Kier molecular flexibility index (Phi) is 3.20. The maximum atomic E-state index is 4.36. The van der Waals surface area contributed by atoms with E-state index >= 15 is 0 Å². The van der Waals surface area contributed by atoms with Crippen molar-refractivity contribution in [2.45, 2.75) is 19.8 Å². The number of likely N-dealkylation sites (tertiary alicyclic amines) is 1. The van der Waals surface area contributed by atoms with Gasteiger partial charge in [-0.3, -0.25) is 4.99 Å². The summed E-state index contributed by atoms with van der Waals surface area (Å²) in [6.07, 6.45) is 2.62. The third-order valence-electron chi connectivity index (χ3n) is 1.94. The van der Waals surface area contributed by atoms with Crippen molar-refractivity contribution in [3.8, 4) is 0 Å². The van der Waals surface area contributed by atoms with Crippen LogP contribution in [0.5, 0.6) is 0 Å². The van der Waals surface area contributed by atoms with Crippen molar-refractivity contribution in [3.05, 3.63) is 0 Å². The van der Waals surface area contributed by atoms with Crippen molar-refractivity contribution in [1.29, 1.82) is 0 Å². The van der Waals surface area contributed by atoms with E-state index in [4.69, 9.17) is 0 Å². The summed E-state index contributed by atoms with van der Waals surface area (Å²) >= 11 is 0. The number of aliphatic imine (C=N–C) groups is 1. The summed E-state index contributed by atoms with van der Waals surface area (Å²) in [5.74, 6) is 1.06. The van der Waals surface area contributed by atoms with Crippen LogP contribution in [0.2, 0.25) is 0 Å². The van der Waals surface area contributed by atoms with Crippen molar-refractivity contribution in [1.82, 2.24) is 10.2 Å². The van der Waals surface area contributed by atoms with Crippen LogP contribution in [-0.4, -0.2) is 37.5 Å². The van der Waals surface area contributed by atoms with Crippen molar-refractivity contribution < 1.29 is 0 Å². The zero-order valence-corrected chi connectivity index (χ0v) is 7.43. The number of hydrogen-bond donors (Lipinski definition) is 1. The molecule has 11 heavy (non-hydrogen) atoms. The van der Waals surface area contributed by atoms with Crippen molar-refractivity contribution in [2.75, 3.05) is 26.7 Å². The van der Waals surface area contributed by atoms with E-state index in [0.717, 1.165) is 12.5 Å². The molecule has 3 nitrogen and oxygen atoms in total. The van der Waals surface area contributed by atoms with E-state index in [1.54, 1.807) is 0 Å². The monoisotopic (exact) mass is 155 g/mol. The van der Waals surface area contributed by atoms with Gasteiger partial charge in [0.15, 0.2) is 5.96 Å². The molecule has 1 aliphatic rings. The molecule has 0 saturated carbocycles. The maximum absolute atomic E-state index is 4.36. The van der Waals surface area contributed by atoms with Crippen LogP contribution in [0.15, 0.2) is 4.99 Å². The van der Waals surface area contributed by atoms with Gasteiger partial charge in [0.25, 0.3) is 0 Å². The average molecular weight is 155 g/mol. The molecule has 0 amide bonds. The van der Waals surface area contributed by atoms with Crippen LogP contribution in [0, 0.1) is 0 Å². The predicted octanol–water partition coefficient (Wildman–Crippen LogP) is 0.677. The first-order valence-electron chi connectivity index (χ1n) is 4.35. The van der Waals surface area contributed by atoms with E-state index in [-0.39, 0.29) is 0 Å². The highest BCUT2D eigenvalue weighted by Gasteiger charge is 2.13. The Morgan fingerprint density at radius 1 is 1.45 bits per heavy atom. The fraction of sp³-hybridized carbons (Fsp3) is 0.875. The van der Waals surface area contributed by atoms with Crippen LogP contribution in [0.1, 0.15) is 19.8 Å². The van der Waals surface area contributed by atoms with Crippen molar-refractivity contribution in [3.63, 3.8) is 0 Å². The highest BCUT2D eigenvalue weighted by atomic mass is 15.3. The molecule has 1 N–H and O–H groups in total. The Morgan fingerprint density at radius 2 is 2.09 bits per heavy atom. The van der Waals surface area contributed by atoms with Crippen LogP contribution in [-0.2, 0) is 0 Å². The maximum Gasteiger partial charge on any atom is 0.193 e. The Hall–Kier alpha value is -0.730. The van der Waals surface area contributed by atoms with E-state index in [9.17, 15) is 0 Å². The molecule has 0 bridgehead atoms. The molecule has 0 aromatic heterocycles. The lowest BCUT2D eigenvalue weighted by molar-refractivity contribution is 0.499. The minimum absolute atomic E-state index is 0.868. The van der Waals surface area contributed by atoms with Crippen LogP contribution >= 0.6 is 0 Å². The predicted molar refractivity (Wildman–Crippen MR) is 47.8 cm³/mol. The van der Waals surface area contributed by atoms with Crippen LogP contribution < -0.4 is 5.32 Å². The highest BCUT2D eigenvalue weighted by Crippen LogP contribution is 2.06. The fourth-order valence-corrected chi connectivity index (χ4v) is 1.42. The number of nitrogens with one attached hydrogen (secondary N) is 1. The smallest absolute Gasteiger partial charge is 0.193 e. The third-order valence-corrected chi connectivity index (χ3v) is 1.94. The van der Waals surface area contributed by atoms with E-state index in [0.29, 0.717) is 0 Å². The largest absolute Gasteiger partial charge is 0.359 e. The van der Waals surface area contributed by atoms with Gasteiger partial charge in [-0.2, -0.15) is 0 Å². The van der Waals surface area contributed by atoms with Crippen LogP contribution in [0.25, 0.3) is 0 Å². The molecule has 3 heteroatoms. The SMILES string of the molecule is CC/N=C(/NC)N1CCCC1. The Balaban J connectivity index is 2.46. The lowest BCUT2D eigenvalue weighted by Crippen LogP contribution is -2.37. The molecule has 1 fully saturated rings. The molecule has 1 rings (SSSR count). The summed E-state index contributed by atoms with van der Waals surface area (Å²) in [5.41, 5.74) is 0. The van der Waals surface area contributed by atoms with Gasteiger partial charge in [0.05, 0.1) is 0 Å². The second-order valence-electron chi connectivity index (χ2n) is 2.74. The fourth-order valence-electron chi connectivity index (χ4n) is 1.42. The Bertz CT molecular complexity index is 136.